The molecular weight excluding hydrogens is 244 g/mol. The number of halogens is 1. The van der Waals surface area contributed by atoms with Crippen molar-refractivity contribution in [2.24, 2.45) is 0 Å². The van der Waals surface area contributed by atoms with E-state index in [4.69, 9.17) is 16.6 Å². The molecule has 1 aromatic carbocycles. The van der Waals surface area contributed by atoms with Crippen LogP contribution in [0.5, 0.6) is 0 Å². The third-order valence-corrected chi connectivity index (χ3v) is 3.67. The van der Waals surface area contributed by atoms with Crippen molar-refractivity contribution in [1.29, 1.82) is 0 Å². The molecule has 0 spiro atoms. The van der Waals surface area contributed by atoms with Crippen molar-refractivity contribution in [2.75, 3.05) is 11.9 Å². The van der Waals surface area contributed by atoms with Crippen LogP contribution in [0.15, 0.2) is 18.2 Å². The van der Waals surface area contributed by atoms with Gasteiger partial charge < -0.3 is 5.32 Å². The second-order valence-electron chi connectivity index (χ2n) is 5.02. The Morgan fingerprint density at radius 3 is 2.78 bits per heavy atom. The predicted molar refractivity (Wildman–Crippen MR) is 77.6 cm³/mol. The molecule has 2 nitrogen and oxygen atoms in total. The minimum absolute atomic E-state index is 0.668. The first-order valence-electron chi connectivity index (χ1n) is 6.53. The summed E-state index contributed by atoms with van der Waals surface area (Å²) in [5, 5.41) is 5.34. The Kier molecular flexibility index (Phi) is 2.90. The molecule has 18 heavy (non-hydrogen) atoms. The average Bonchev–Trinajstić information content (AvgIpc) is 3.14. The zero-order valence-electron chi connectivity index (χ0n) is 10.8. The number of anilines is 1. The molecule has 0 unspecified atom stereocenters. The van der Waals surface area contributed by atoms with Gasteiger partial charge >= 0.3 is 0 Å². The lowest BCUT2D eigenvalue weighted by Gasteiger charge is -2.12. The molecule has 0 saturated heterocycles. The highest BCUT2D eigenvalue weighted by atomic mass is 35.5. The molecule has 1 N–H and O–H groups in total. The van der Waals surface area contributed by atoms with Crippen LogP contribution in [0.3, 0.4) is 0 Å². The Balaban J connectivity index is 2.26. The molecule has 1 aliphatic carbocycles. The van der Waals surface area contributed by atoms with E-state index in [1.807, 2.05) is 12.1 Å². The number of aromatic nitrogens is 1. The maximum absolute atomic E-state index is 6.16. The molecule has 0 atom stereocenters. The SMILES string of the molecule is CCNc1cc(C2CC2)nc2c(C)cc(Cl)cc12. The van der Waals surface area contributed by atoms with Crippen molar-refractivity contribution < 1.29 is 0 Å². The van der Waals surface area contributed by atoms with Crippen LogP contribution in [0, 0.1) is 6.92 Å². The first-order valence-corrected chi connectivity index (χ1v) is 6.91. The zero-order chi connectivity index (χ0) is 12.7. The van der Waals surface area contributed by atoms with Gasteiger partial charge in [-0.2, -0.15) is 0 Å². The quantitative estimate of drug-likeness (QED) is 0.879. The van der Waals surface area contributed by atoms with Crippen LogP contribution in [-0.2, 0) is 0 Å². The molecule has 0 aliphatic heterocycles. The predicted octanol–water partition coefficient (Wildman–Crippen LogP) is 4.51. The molecule has 2 aromatic rings. The number of aryl methyl sites for hydroxylation is 1. The van der Waals surface area contributed by atoms with Crippen molar-refractivity contribution in [3.05, 3.63) is 34.5 Å². The van der Waals surface area contributed by atoms with Crippen molar-refractivity contribution in [3.8, 4) is 0 Å². The first kappa shape index (κ1) is 11.8. The minimum atomic E-state index is 0.668. The lowest BCUT2D eigenvalue weighted by atomic mass is 10.1. The van der Waals surface area contributed by atoms with Crippen LogP contribution in [0.1, 0.15) is 36.9 Å². The summed E-state index contributed by atoms with van der Waals surface area (Å²) in [6.45, 7) is 5.10. The van der Waals surface area contributed by atoms with E-state index in [1.54, 1.807) is 0 Å². The summed E-state index contributed by atoms with van der Waals surface area (Å²) < 4.78 is 0. The number of benzene rings is 1. The highest BCUT2D eigenvalue weighted by molar-refractivity contribution is 6.31. The first-order chi connectivity index (χ1) is 8.69. The lowest BCUT2D eigenvalue weighted by Crippen LogP contribution is -2.01. The Morgan fingerprint density at radius 1 is 1.33 bits per heavy atom. The third-order valence-electron chi connectivity index (χ3n) is 3.45. The number of hydrogen-bond donors (Lipinski definition) is 1. The van der Waals surface area contributed by atoms with Gasteiger partial charge in [0.05, 0.1) is 5.52 Å². The van der Waals surface area contributed by atoms with Crippen molar-refractivity contribution >= 4 is 28.2 Å². The largest absolute Gasteiger partial charge is 0.385 e. The van der Waals surface area contributed by atoms with Gasteiger partial charge in [-0.05, 0) is 50.5 Å². The smallest absolute Gasteiger partial charge is 0.0756 e. The minimum Gasteiger partial charge on any atom is -0.385 e. The monoisotopic (exact) mass is 260 g/mol. The van der Waals surface area contributed by atoms with Gasteiger partial charge in [-0.15, -0.1) is 0 Å². The number of nitrogens with zero attached hydrogens (tertiary/aromatic N) is 1. The Morgan fingerprint density at radius 2 is 2.11 bits per heavy atom. The van der Waals surface area contributed by atoms with Crippen molar-refractivity contribution in [3.63, 3.8) is 0 Å². The molecule has 0 bridgehead atoms. The lowest BCUT2D eigenvalue weighted by molar-refractivity contribution is 1.04. The fourth-order valence-electron chi connectivity index (χ4n) is 2.40. The molecule has 1 aliphatic rings. The highest BCUT2D eigenvalue weighted by Crippen LogP contribution is 2.41. The summed E-state index contributed by atoms with van der Waals surface area (Å²) >= 11 is 6.16. The van der Waals surface area contributed by atoms with E-state index in [0.717, 1.165) is 33.7 Å². The van der Waals surface area contributed by atoms with Crippen LogP contribution >= 0.6 is 11.6 Å². The fourth-order valence-corrected chi connectivity index (χ4v) is 2.67. The summed E-state index contributed by atoms with van der Waals surface area (Å²) in [6, 6.07) is 6.19. The van der Waals surface area contributed by atoms with Crippen LogP contribution in [0.25, 0.3) is 10.9 Å². The molecule has 3 rings (SSSR count). The third kappa shape index (κ3) is 2.05. The number of rotatable bonds is 3. The van der Waals surface area contributed by atoms with Gasteiger partial charge in [0.1, 0.15) is 0 Å². The van der Waals surface area contributed by atoms with Gasteiger partial charge in [0.2, 0.25) is 0 Å². The van der Waals surface area contributed by atoms with Crippen LogP contribution in [0.2, 0.25) is 5.02 Å². The Hall–Kier alpha value is -1.28. The summed E-state index contributed by atoms with van der Waals surface area (Å²) in [7, 11) is 0. The zero-order valence-corrected chi connectivity index (χ0v) is 11.5. The molecule has 1 aromatic heterocycles. The van der Waals surface area contributed by atoms with Crippen LogP contribution < -0.4 is 5.32 Å². The number of hydrogen-bond acceptors (Lipinski definition) is 2. The van der Waals surface area contributed by atoms with Gasteiger partial charge in [0.25, 0.3) is 0 Å². The van der Waals surface area contributed by atoms with Gasteiger partial charge in [0.15, 0.2) is 0 Å². The molecule has 1 saturated carbocycles. The molecule has 1 fully saturated rings. The maximum Gasteiger partial charge on any atom is 0.0756 e. The van der Waals surface area contributed by atoms with Crippen LogP contribution in [-0.4, -0.2) is 11.5 Å². The molecule has 1 heterocycles. The maximum atomic E-state index is 6.16. The molecule has 3 heteroatoms. The van der Waals surface area contributed by atoms with E-state index in [-0.39, 0.29) is 0 Å². The Labute approximate surface area is 112 Å². The van der Waals surface area contributed by atoms with E-state index in [9.17, 15) is 0 Å². The van der Waals surface area contributed by atoms with Gasteiger partial charge in [-0.3, -0.25) is 4.98 Å². The molecular formula is C15H17ClN2. The van der Waals surface area contributed by atoms with E-state index in [0.29, 0.717) is 5.92 Å². The summed E-state index contributed by atoms with van der Waals surface area (Å²) in [5.41, 5.74) is 4.62. The second kappa shape index (κ2) is 4.43. The molecule has 94 valence electrons. The molecule has 0 amide bonds. The topological polar surface area (TPSA) is 24.9 Å². The van der Waals surface area contributed by atoms with Crippen molar-refractivity contribution in [1.82, 2.24) is 4.98 Å². The second-order valence-corrected chi connectivity index (χ2v) is 5.45. The summed E-state index contributed by atoms with van der Waals surface area (Å²) in [6.07, 6.45) is 2.55. The average molecular weight is 261 g/mol. The van der Waals surface area contributed by atoms with Crippen molar-refractivity contribution in [2.45, 2.75) is 32.6 Å². The fraction of sp³-hybridized carbons (Fsp3) is 0.400. The summed E-state index contributed by atoms with van der Waals surface area (Å²) in [5.74, 6) is 0.668. The number of pyridine rings is 1. The summed E-state index contributed by atoms with van der Waals surface area (Å²) in [4.78, 5) is 4.82. The normalized spacial score (nSPS) is 15.1. The Bertz CT molecular complexity index is 603. The molecule has 0 radical (unpaired) electrons. The van der Waals surface area contributed by atoms with E-state index in [2.05, 4.69) is 25.2 Å². The van der Waals surface area contributed by atoms with Gasteiger partial charge in [0, 0.05) is 34.3 Å². The van der Waals surface area contributed by atoms with E-state index in [1.165, 1.54) is 18.5 Å². The van der Waals surface area contributed by atoms with Crippen LogP contribution in [0.4, 0.5) is 5.69 Å². The highest BCUT2D eigenvalue weighted by Gasteiger charge is 2.26. The van der Waals surface area contributed by atoms with Gasteiger partial charge in [-0.1, -0.05) is 11.6 Å². The van der Waals surface area contributed by atoms with E-state index >= 15 is 0 Å². The standard InChI is InChI=1S/C15H17ClN2/c1-3-17-14-8-13(10-4-5-10)18-15-9(2)6-11(16)7-12(14)15/h6-8,10H,3-5H2,1-2H3,(H,17,18). The van der Waals surface area contributed by atoms with Gasteiger partial charge in [-0.25, -0.2) is 0 Å². The number of nitrogens with one attached hydrogen (secondary N) is 1. The van der Waals surface area contributed by atoms with E-state index < -0.39 is 0 Å². The number of fused-ring (bicyclic) bond motifs is 1.